The molecular formula is C27H36N2O5S. The summed E-state index contributed by atoms with van der Waals surface area (Å²) in [6.07, 6.45) is 3.65. The first-order valence-electron chi connectivity index (χ1n) is 12.5. The summed E-state index contributed by atoms with van der Waals surface area (Å²) in [7, 11) is 0. The summed E-state index contributed by atoms with van der Waals surface area (Å²) in [5.74, 6) is -1.93. The standard InChI is InChI=1S/C27H36N2O5S/c1-6-13-28(19-14-16(4)9-10-17(19)5)25(32)23-27-12-11-20(35-27)21(26(33)34-8-3)22(27)24(31)29(23)18(7-2)15-30/h6,9-10,14,18,20-23,30H,1,7-8,11-13,15H2,2-5H3/t18-,20+,21-,22-,23?,27?/m0/s1. The van der Waals surface area contributed by atoms with Gasteiger partial charge >= 0.3 is 5.97 Å². The van der Waals surface area contributed by atoms with Crippen LogP contribution in [0.25, 0.3) is 0 Å². The molecule has 0 saturated carbocycles. The fourth-order valence-corrected chi connectivity index (χ4v) is 8.46. The zero-order valence-electron chi connectivity index (χ0n) is 21.0. The topological polar surface area (TPSA) is 87.2 Å². The summed E-state index contributed by atoms with van der Waals surface area (Å²) in [4.78, 5) is 44.8. The second-order valence-electron chi connectivity index (χ2n) is 9.83. The SMILES string of the molecule is C=CCN(C(=O)C1N([C@@H](CC)CO)C(=O)[C@@H]2[C@@H](C(=O)OCC)[C@H]3CCC12S3)c1cc(C)ccc1C. The van der Waals surface area contributed by atoms with Crippen molar-refractivity contribution in [2.45, 2.75) is 69.0 Å². The maximum Gasteiger partial charge on any atom is 0.310 e. The average Bonchev–Trinajstić information content (AvgIpc) is 3.48. The number of hydrogen-bond acceptors (Lipinski definition) is 6. The molecule has 8 heteroatoms. The maximum absolute atomic E-state index is 14.5. The Kier molecular flexibility index (Phi) is 7.34. The summed E-state index contributed by atoms with van der Waals surface area (Å²) >= 11 is 1.61. The fourth-order valence-electron chi connectivity index (χ4n) is 6.28. The van der Waals surface area contributed by atoms with Crippen LogP contribution < -0.4 is 4.90 Å². The van der Waals surface area contributed by atoms with Crippen molar-refractivity contribution in [2.24, 2.45) is 11.8 Å². The van der Waals surface area contributed by atoms with E-state index >= 15 is 0 Å². The Morgan fingerprint density at radius 1 is 1.37 bits per heavy atom. The summed E-state index contributed by atoms with van der Waals surface area (Å²) in [6, 6.07) is 4.71. The number of carbonyl (C=O) groups is 3. The second-order valence-corrected chi connectivity index (χ2v) is 11.4. The summed E-state index contributed by atoms with van der Waals surface area (Å²) in [6.45, 7) is 11.8. The number of aliphatic hydroxyl groups excluding tert-OH is 1. The molecule has 190 valence electrons. The van der Waals surface area contributed by atoms with Crippen LogP contribution in [0.5, 0.6) is 0 Å². The Hall–Kier alpha value is -2.32. The lowest BCUT2D eigenvalue weighted by Gasteiger charge is -2.39. The Morgan fingerprint density at radius 2 is 2.11 bits per heavy atom. The van der Waals surface area contributed by atoms with Crippen molar-refractivity contribution in [3.63, 3.8) is 0 Å². The van der Waals surface area contributed by atoms with Crippen LogP contribution in [-0.2, 0) is 19.1 Å². The number of anilines is 1. The molecule has 3 aliphatic heterocycles. The van der Waals surface area contributed by atoms with Gasteiger partial charge in [-0.25, -0.2) is 0 Å². The van der Waals surface area contributed by atoms with Crippen LogP contribution in [0.3, 0.4) is 0 Å². The number of hydrogen-bond donors (Lipinski definition) is 1. The van der Waals surface area contributed by atoms with Crippen LogP contribution in [0, 0.1) is 25.7 Å². The molecule has 3 aliphatic rings. The first-order valence-corrected chi connectivity index (χ1v) is 13.4. The molecule has 1 N–H and O–H groups in total. The summed E-state index contributed by atoms with van der Waals surface area (Å²) in [5, 5.41) is 10.2. The van der Waals surface area contributed by atoms with Crippen molar-refractivity contribution in [3.8, 4) is 0 Å². The Labute approximate surface area is 211 Å². The molecule has 1 aromatic rings. The molecule has 35 heavy (non-hydrogen) atoms. The number of amides is 2. The van der Waals surface area contributed by atoms with Crippen LogP contribution in [0.2, 0.25) is 0 Å². The number of thioether (sulfide) groups is 1. The van der Waals surface area contributed by atoms with E-state index in [4.69, 9.17) is 4.74 Å². The first-order chi connectivity index (χ1) is 16.7. The van der Waals surface area contributed by atoms with Gasteiger partial charge < -0.3 is 19.6 Å². The lowest BCUT2D eigenvalue weighted by Crippen LogP contribution is -2.57. The van der Waals surface area contributed by atoms with Crippen molar-refractivity contribution < 1.29 is 24.2 Å². The van der Waals surface area contributed by atoms with Crippen molar-refractivity contribution >= 4 is 35.2 Å². The van der Waals surface area contributed by atoms with Gasteiger partial charge in [-0.05, 0) is 57.2 Å². The number of esters is 1. The van der Waals surface area contributed by atoms with E-state index in [1.54, 1.807) is 34.6 Å². The second kappa shape index (κ2) is 9.97. The van der Waals surface area contributed by atoms with E-state index in [1.807, 2.05) is 39.0 Å². The third kappa shape index (κ3) is 3.99. The lowest BCUT2D eigenvalue weighted by atomic mass is 9.71. The van der Waals surface area contributed by atoms with Gasteiger partial charge in [0, 0.05) is 17.5 Å². The number of carbonyl (C=O) groups excluding carboxylic acids is 3. The van der Waals surface area contributed by atoms with Gasteiger partial charge in [0.2, 0.25) is 5.91 Å². The number of aryl methyl sites for hydroxylation is 2. The molecule has 6 atom stereocenters. The molecule has 3 fully saturated rings. The van der Waals surface area contributed by atoms with Gasteiger partial charge in [0.1, 0.15) is 6.04 Å². The molecule has 2 unspecified atom stereocenters. The number of ether oxygens (including phenoxy) is 1. The van der Waals surface area contributed by atoms with Crippen LogP contribution in [0.4, 0.5) is 5.69 Å². The van der Waals surface area contributed by atoms with Gasteiger partial charge in [0.25, 0.3) is 5.91 Å². The Bertz CT molecular complexity index is 1020. The molecule has 2 amide bonds. The van der Waals surface area contributed by atoms with E-state index in [0.717, 1.165) is 23.2 Å². The number of aliphatic hydroxyl groups is 1. The maximum atomic E-state index is 14.5. The zero-order valence-corrected chi connectivity index (χ0v) is 21.8. The first kappa shape index (κ1) is 25.8. The van der Waals surface area contributed by atoms with Gasteiger partial charge in [-0.1, -0.05) is 25.1 Å². The van der Waals surface area contributed by atoms with Crippen LogP contribution in [0.1, 0.15) is 44.2 Å². The van der Waals surface area contributed by atoms with Gasteiger partial charge in [-0.3, -0.25) is 14.4 Å². The molecule has 0 radical (unpaired) electrons. The van der Waals surface area contributed by atoms with Gasteiger partial charge in [-0.2, -0.15) is 0 Å². The van der Waals surface area contributed by atoms with Gasteiger partial charge in [0.05, 0.1) is 35.8 Å². The van der Waals surface area contributed by atoms with Crippen LogP contribution in [-0.4, -0.2) is 69.6 Å². The zero-order chi connectivity index (χ0) is 25.5. The highest BCUT2D eigenvalue weighted by Crippen LogP contribution is 2.67. The van der Waals surface area contributed by atoms with E-state index in [9.17, 15) is 19.5 Å². The number of fused-ring (bicyclic) bond motifs is 1. The van der Waals surface area contributed by atoms with Crippen LogP contribution >= 0.6 is 11.8 Å². The van der Waals surface area contributed by atoms with Gasteiger partial charge in [-0.15, -0.1) is 18.3 Å². The largest absolute Gasteiger partial charge is 0.466 e. The van der Waals surface area contributed by atoms with Crippen molar-refractivity contribution in [1.29, 1.82) is 0 Å². The van der Waals surface area contributed by atoms with E-state index in [2.05, 4.69) is 6.58 Å². The summed E-state index contributed by atoms with van der Waals surface area (Å²) < 4.78 is 4.67. The molecule has 0 aliphatic carbocycles. The lowest BCUT2D eigenvalue weighted by molar-refractivity contribution is -0.154. The minimum absolute atomic E-state index is 0.0387. The number of benzene rings is 1. The van der Waals surface area contributed by atoms with Crippen LogP contribution in [0.15, 0.2) is 30.9 Å². The molecule has 1 spiro atoms. The van der Waals surface area contributed by atoms with E-state index in [-0.39, 0.29) is 36.2 Å². The molecule has 4 rings (SSSR count). The smallest absolute Gasteiger partial charge is 0.310 e. The molecule has 0 aromatic heterocycles. The highest BCUT2D eigenvalue weighted by atomic mass is 32.2. The molecule has 2 bridgehead atoms. The normalized spacial score (nSPS) is 29.7. The number of nitrogens with zero attached hydrogens (tertiary/aromatic N) is 2. The Balaban J connectivity index is 1.83. The predicted molar refractivity (Wildman–Crippen MR) is 137 cm³/mol. The van der Waals surface area contributed by atoms with Crippen molar-refractivity contribution in [3.05, 3.63) is 42.0 Å². The van der Waals surface area contributed by atoms with E-state index in [0.29, 0.717) is 19.4 Å². The minimum Gasteiger partial charge on any atom is -0.466 e. The quantitative estimate of drug-likeness (QED) is 0.414. The highest BCUT2D eigenvalue weighted by Gasteiger charge is 2.74. The van der Waals surface area contributed by atoms with Crippen molar-refractivity contribution in [2.75, 3.05) is 24.7 Å². The number of rotatable bonds is 9. The van der Waals surface area contributed by atoms with E-state index < -0.39 is 28.7 Å². The predicted octanol–water partition coefficient (Wildman–Crippen LogP) is 3.25. The Morgan fingerprint density at radius 3 is 2.74 bits per heavy atom. The van der Waals surface area contributed by atoms with Gasteiger partial charge in [0.15, 0.2) is 0 Å². The van der Waals surface area contributed by atoms with E-state index in [1.165, 1.54) is 0 Å². The molecule has 1 aromatic carbocycles. The molecule has 3 saturated heterocycles. The summed E-state index contributed by atoms with van der Waals surface area (Å²) in [5.41, 5.74) is 2.78. The monoisotopic (exact) mass is 500 g/mol. The minimum atomic E-state index is -0.772. The average molecular weight is 501 g/mol. The molecule has 7 nitrogen and oxygen atoms in total. The third-order valence-corrected chi connectivity index (χ3v) is 9.79. The molecular weight excluding hydrogens is 464 g/mol. The van der Waals surface area contributed by atoms with Crippen molar-refractivity contribution in [1.82, 2.24) is 4.90 Å². The third-order valence-electron chi connectivity index (χ3n) is 7.84. The fraction of sp³-hybridized carbons (Fsp3) is 0.593. The number of likely N-dealkylation sites (tertiary alicyclic amines) is 1. The molecule has 3 heterocycles. The highest BCUT2D eigenvalue weighted by molar-refractivity contribution is 8.02.